The molecule has 19 heavy (non-hydrogen) atoms. The third kappa shape index (κ3) is 2.09. The van der Waals surface area contributed by atoms with Crippen molar-refractivity contribution in [1.82, 2.24) is 9.78 Å². The lowest BCUT2D eigenvalue weighted by Crippen LogP contribution is -2.08. The monoisotopic (exact) mass is 254 g/mol. The van der Waals surface area contributed by atoms with Crippen molar-refractivity contribution in [2.45, 2.75) is 39.0 Å². The molecule has 0 aliphatic heterocycles. The Kier molecular flexibility index (Phi) is 2.97. The van der Waals surface area contributed by atoms with E-state index in [2.05, 4.69) is 31.1 Å². The van der Waals surface area contributed by atoms with Gasteiger partial charge < -0.3 is 0 Å². The van der Waals surface area contributed by atoms with Crippen molar-refractivity contribution < 1.29 is 4.79 Å². The second-order valence-electron chi connectivity index (χ2n) is 5.42. The quantitative estimate of drug-likeness (QED) is 0.822. The van der Waals surface area contributed by atoms with Crippen LogP contribution in [0.3, 0.4) is 0 Å². The summed E-state index contributed by atoms with van der Waals surface area (Å²) in [6.45, 7) is 4.35. The van der Waals surface area contributed by atoms with Gasteiger partial charge >= 0.3 is 0 Å². The summed E-state index contributed by atoms with van der Waals surface area (Å²) in [6.07, 6.45) is 4.40. The molecule has 0 bridgehead atoms. The van der Waals surface area contributed by atoms with Gasteiger partial charge in [0, 0.05) is 12.6 Å². The molecule has 3 nitrogen and oxygen atoms in total. The second kappa shape index (κ2) is 4.65. The van der Waals surface area contributed by atoms with E-state index in [4.69, 9.17) is 0 Å². The predicted octanol–water partition coefficient (Wildman–Crippen LogP) is 3.51. The molecule has 0 radical (unpaired) electrons. The van der Waals surface area contributed by atoms with Crippen LogP contribution in [0, 0.1) is 0 Å². The van der Waals surface area contributed by atoms with E-state index < -0.39 is 0 Å². The lowest BCUT2D eigenvalue weighted by atomic mass is 9.97. The Morgan fingerprint density at radius 3 is 2.74 bits per heavy atom. The standard InChI is InChI=1S/C16H18N2O/c1-11(2)12-6-3-4-8-15(12)18-10-13-14(17-18)7-5-9-16(13)19/h3-4,6,8,10-11H,5,7,9H2,1-2H3. The van der Waals surface area contributed by atoms with Crippen molar-refractivity contribution in [3.8, 4) is 5.69 Å². The van der Waals surface area contributed by atoms with Crippen molar-refractivity contribution in [2.24, 2.45) is 0 Å². The van der Waals surface area contributed by atoms with Gasteiger partial charge in [-0.1, -0.05) is 32.0 Å². The van der Waals surface area contributed by atoms with E-state index in [0.29, 0.717) is 12.3 Å². The summed E-state index contributed by atoms with van der Waals surface area (Å²) < 4.78 is 1.88. The van der Waals surface area contributed by atoms with E-state index in [1.54, 1.807) is 0 Å². The molecule has 3 rings (SSSR count). The molecule has 0 N–H and O–H groups in total. The largest absolute Gasteiger partial charge is 0.294 e. The van der Waals surface area contributed by atoms with E-state index in [-0.39, 0.29) is 5.78 Å². The first-order chi connectivity index (χ1) is 9.16. The molecule has 0 atom stereocenters. The first-order valence-corrected chi connectivity index (χ1v) is 6.88. The van der Waals surface area contributed by atoms with Crippen LogP contribution >= 0.6 is 0 Å². The summed E-state index contributed by atoms with van der Waals surface area (Å²) in [7, 11) is 0. The van der Waals surface area contributed by atoms with Gasteiger partial charge in [0.05, 0.1) is 16.9 Å². The lowest BCUT2D eigenvalue weighted by Gasteiger charge is -2.12. The van der Waals surface area contributed by atoms with Gasteiger partial charge in [-0.3, -0.25) is 4.79 Å². The van der Waals surface area contributed by atoms with Crippen molar-refractivity contribution in [3.63, 3.8) is 0 Å². The van der Waals surface area contributed by atoms with Crippen molar-refractivity contribution in [2.75, 3.05) is 0 Å². The Bertz CT molecular complexity index is 625. The molecule has 1 aliphatic rings. The zero-order valence-corrected chi connectivity index (χ0v) is 11.4. The van der Waals surface area contributed by atoms with Gasteiger partial charge in [-0.05, 0) is 30.4 Å². The van der Waals surface area contributed by atoms with Gasteiger partial charge in [0.2, 0.25) is 0 Å². The number of aryl methyl sites for hydroxylation is 1. The molecule has 0 saturated heterocycles. The summed E-state index contributed by atoms with van der Waals surface area (Å²) in [6, 6.07) is 8.26. The Labute approximate surface area is 113 Å². The van der Waals surface area contributed by atoms with E-state index in [1.165, 1.54) is 5.56 Å². The Morgan fingerprint density at radius 2 is 2.00 bits per heavy atom. The fraction of sp³-hybridized carbons (Fsp3) is 0.375. The minimum atomic E-state index is 0.231. The maximum atomic E-state index is 11.9. The highest BCUT2D eigenvalue weighted by atomic mass is 16.1. The normalized spacial score (nSPS) is 14.8. The summed E-state index contributed by atoms with van der Waals surface area (Å²) >= 11 is 0. The van der Waals surface area contributed by atoms with Crippen LogP contribution < -0.4 is 0 Å². The number of para-hydroxylation sites is 1. The third-order valence-corrected chi connectivity index (χ3v) is 3.71. The van der Waals surface area contributed by atoms with Crippen LogP contribution in [0.1, 0.15) is 54.2 Å². The molecule has 1 aromatic heterocycles. The number of hydrogen-bond donors (Lipinski definition) is 0. The maximum absolute atomic E-state index is 11.9. The van der Waals surface area contributed by atoms with Crippen LogP contribution in [0.2, 0.25) is 0 Å². The SMILES string of the molecule is CC(C)c1ccccc1-n1cc2c(n1)CCCC2=O. The lowest BCUT2D eigenvalue weighted by molar-refractivity contribution is 0.0972. The molecule has 3 heteroatoms. The first kappa shape index (κ1) is 12.2. The predicted molar refractivity (Wildman–Crippen MR) is 74.9 cm³/mol. The van der Waals surface area contributed by atoms with Crippen LogP contribution in [0.15, 0.2) is 30.5 Å². The Morgan fingerprint density at radius 1 is 1.21 bits per heavy atom. The van der Waals surface area contributed by atoms with Crippen LogP contribution in [0.4, 0.5) is 0 Å². The fourth-order valence-electron chi connectivity index (χ4n) is 2.69. The number of hydrogen-bond acceptors (Lipinski definition) is 2. The summed E-state index contributed by atoms with van der Waals surface area (Å²) in [4.78, 5) is 11.9. The molecule has 1 aromatic carbocycles. The summed E-state index contributed by atoms with van der Waals surface area (Å²) in [5.74, 6) is 0.669. The average Bonchev–Trinajstić information content (AvgIpc) is 2.84. The smallest absolute Gasteiger partial charge is 0.166 e. The maximum Gasteiger partial charge on any atom is 0.166 e. The average molecular weight is 254 g/mol. The summed E-state index contributed by atoms with van der Waals surface area (Å²) in [5, 5.41) is 4.61. The van der Waals surface area contributed by atoms with E-state index in [9.17, 15) is 4.79 Å². The molecule has 0 unspecified atom stereocenters. The van der Waals surface area contributed by atoms with Gasteiger partial charge in [-0.2, -0.15) is 5.10 Å². The molecule has 98 valence electrons. The number of carbonyl (C=O) groups excluding carboxylic acids is 1. The molecular formula is C16H18N2O. The zero-order valence-electron chi connectivity index (χ0n) is 11.4. The Hall–Kier alpha value is -1.90. The molecule has 1 aliphatic carbocycles. The van der Waals surface area contributed by atoms with Crippen LogP contribution in [0.5, 0.6) is 0 Å². The number of fused-ring (bicyclic) bond motifs is 1. The van der Waals surface area contributed by atoms with Gasteiger partial charge in [0.25, 0.3) is 0 Å². The van der Waals surface area contributed by atoms with Crippen LogP contribution in [-0.4, -0.2) is 15.6 Å². The number of Topliss-reactive ketones (excluding diaryl/α,β-unsaturated/α-hetero) is 1. The molecule has 0 amide bonds. The molecular weight excluding hydrogens is 236 g/mol. The van der Waals surface area contributed by atoms with Crippen molar-refractivity contribution in [3.05, 3.63) is 47.3 Å². The molecule has 1 heterocycles. The number of rotatable bonds is 2. The molecule has 0 saturated carbocycles. The van der Waals surface area contributed by atoms with Gasteiger partial charge in [0.1, 0.15) is 0 Å². The van der Waals surface area contributed by atoms with Crippen LogP contribution in [-0.2, 0) is 6.42 Å². The van der Waals surface area contributed by atoms with E-state index in [1.807, 2.05) is 23.0 Å². The van der Waals surface area contributed by atoms with Crippen molar-refractivity contribution >= 4 is 5.78 Å². The summed E-state index contributed by atoms with van der Waals surface area (Å²) in [5.41, 5.74) is 4.11. The molecule has 0 spiro atoms. The number of nitrogens with zero attached hydrogens (tertiary/aromatic N) is 2. The van der Waals surface area contributed by atoms with E-state index in [0.717, 1.165) is 29.8 Å². The van der Waals surface area contributed by atoms with E-state index >= 15 is 0 Å². The van der Waals surface area contributed by atoms with Crippen LogP contribution in [0.25, 0.3) is 5.69 Å². The molecule has 0 fully saturated rings. The fourth-order valence-corrected chi connectivity index (χ4v) is 2.69. The Balaban J connectivity index is 2.11. The highest BCUT2D eigenvalue weighted by Gasteiger charge is 2.21. The second-order valence-corrected chi connectivity index (χ2v) is 5.42. The number of aromatic nitrogens is 2. The number of carbonyl (C=O) groups is 1. The van der Waals surface area contributed by atoms with Gasteiger partial charge in [-0.15, -0.1) is 0 Å². The van der Waals surface area contributed by atoms with Crippen molar-refractivity contribution in [1.29, 1.82) is 0 Å². The highest BCUT2D eigenvalue weighted by Crippen LogP contribution is 2.25. The van der Waals surface area contributed by atoms with Gasteiger partial charge in [0.15, 0.2) is 5.78 Å². The van der Waals surface area contributed by atoms with Gasteiger partial charge in [-0.25, -0.2) is 4.68 Å². The third-order valence-electron chi connectivity index (χ3n) is 3.71. The number of ketones is 1. The highest BCUT2D eigenvalue weighted by molar-refractivity contribution is 5.97. The number of benzene rings is 1. The minimum absolute atomic E-state index is 0.231. The topological polar surface area (TPSA) is 34.9 Å². The molecule has 2 aromatic rings. The zero-order chi connectivity index (χ0) is 13.4. The first-order valence-electron chi connectivity index (χ1n) is 6.88. The minimum Gasteiger partial charge on any atom is -0.294 e.